The van der Waals surface area contributed by atoms with Crippen molar-refractivity contribution in [1.82, 2.24) is 14.7 Å². The molecule has 0 atom stereocenters. The van der Waals surface area contributed by atoms with Gasteiger partial charge in [0.15, 0.2) is 5.82 Å². The van der Waals surface area contributed by atoms with Crippen molar-refractivity contribution in [2.24, 2.45) is 0 Å². The fourth-order valence-corrected chi connectivity index (χ4v) is 3.14. The molecule has 0 unspecified atom stereocenters. The molecule has 3 rings (SSSR count). The molecule has 1 aliphatic heterocycles. The highest BCUT2D eigenvalue weighted by atomic mass is 32.2. The van der Waals surface area contributed by atoms with E-state index in [0.29, 0.717) is 11.4 Å². The van der Waals surface area contributed by atoms with E-state index in [2.05, 4.69) is 14.7 Å². The molecule has 1 aromatic heterocycles. The molecule has 20 heavy (non-hydrogen) atoms. The van der Waals surface area contributed by atoms with Crippen molar-refractivity contribution < 1.29 is 8.42 Å². The quantitative estimate of drug-likeness (QED) is 0.799. The average molecular weight is 306 g/mol. The van der Waals surface area contributed by atoms with Crippen molar-refractivity contribution in [3.8, 4) is 11.3 Å². The minimum atomic E-state index is -3.68. The number of hydrogen-bond donors (Lipinski definition) is 1. The smallest absolute Gasteiger partial charge is 0.254 e. The van der Waals surface area contributed by atoms with Gasteiger partial charge in [0.25, 0.3) is 0 Å². The van der Waals surface area contributed by atoms with Crippen LogP contribution < -0.4 is 9.03 Å². The van der Waals surface area contributed by atoms with E-state index in [-0.39, 0.29) is 10.8 Å². The summed E-state index contributed by atoms with van der Waals surface area (Å²) in [6.07, 6.45) is 1.58. The predicted molar refractivity (Wildman–Crippen MR) is 79.6 cm³/mol. The minimum absolute atomic E-state index is 0.0604. The summed E-state index contributed by atoms with van der Waals surface area (Å²) in [5.74, 6) is 0.232. The summed E-state index contributed by atoms with van der Waals surface area (Å²) in [7, 11) is -2.27. The molecular weight excluding hydrogens is 296 g/mol. The molecule has 2 aromatic rings. The third kappa shape index (κ3) is 2.02. The Kier molecular flexibility index (Phi) is 2.91. The van der Waals surface area contributed by atoms with Crippen LogP contribution in [0.3, 0.4) is 0 Å². The zero-order valence-corrected chi connectivity index (χ0v) is 12.1. The molecule has 8 heteroatoms. The number of hydrogen-bond acceptors (Lipinski definition) is 5. The number of rotatable bonds is 1. The molecule has 0 fully saturated rings. The van der Waals surface area contributed by atoms with Gasteiger partial charge in [-0.1, -0.05) is 42.5 Å². The van der Waals surface area contributed by atoms with Gasteiger partial charge >= 0.3 is 10.2 Å². The van der Waals surface area contributed by atoms with E-state index in [1.165, 1.54) is 7.05 Å². The second-order valence-electron chi connectivity index (χ2n) is 4.20. The molecule has 1 N–H and O–H groups in total. The van der Waals surface area contributed by atoms with E-state index in [0.717, 1.165) is 9.87 Å². The lowest BCUT2D eigenvalue weighted by molar-refractivity contribution is 0.589. The Hall–Kier alpha value is -2.06. The maximum atomic E-state index is 11.9. The maximum Gasteiger partial charge on any atom is 0.325 e. The summed E-state index contributed by atoms with van der Waals surface area (Å²) in [6, 6.07) is 9.41. The molecule has 0 aliphatic carbocycles. The van der Waals surface area contributed by atoms with Crippen LogP contribution in [0.4, 0.5) is 5.82 Å². The van der Waals surface area contributed by atoms with Crippen LogP contribution in [0, 0.1) is 0 Å². The summed E-state index contributed by atoms with van der Waals surface area (Å²) >= 11 is 5.00. The molecule has 0 saturated carbocycles. The normalized spacial score (nSPS) is 16.4. The molecule has 0 radical (unpaired) electrons. The van der Waals surface area contributed by atoms with Crippen molar-refractivity contribution in [3.05, 3.63) is 42.2 Å². The fraction of sp³-hybridized carbons (Fsp3) is 0.0833. The average Bonchev–Trinajstić information content (AvgIpc) is 2.45. The first-order valence-corrected chi connectivity index (χ1v) is 7.57. The molecule has 102 valence electrons. The predicted octanol–water partition coefficient (Wildman–Crippen LogP) is 1.10. The van der Waals surface area contributed by atoms with E-state index in [4.69, 9.17) is 12.2 Å². The van der Waals surface area contributed by atoms with Crippen molar-refractivity contribution in [2.45, 2.75) is 0 Å². The van der Waals surface area contributed by atoms with Crippen LogP contribution >= 0.6 is 12.2 Å². The number of nitrogens with one attached hydrogen (secondary N) is 1. The first-order chi connectivity index (χ1) is 9.49. The van der Waals surface area contributed by atoms with Crippen LogP contribution in [-0.2, 0) is 10.2 Å². The van der Waals surface area contributed by atoms with E-state index >= 15 is 0 Å². The summed E-state index contributed by atoms with van der Waals surface area (Å²) in [6.45, 7) is 0. The summed E-state index contributed by atoms with van der Waals surface area (Å²) in [5, 5.41) is 0. The van der Waals surface area contributed by atoms with Gasteiger partial charge in [-0.25, -0.2) is 14.3 Å². The third-order valence-corrected chi connectivity index (χ3v) is 4.70. The standard InChI is InChI=1S/C12H10N4O2S2/c1-16-11-10(12(19)15-20(16,17)18)13-7-9(14-11)8-5-3-2-4-6-8/h2-7H,1H3,(H,15,19). The number of anilines is 1. The number of thiocarbonyl (C=S) groups is 1. The van der Waals surface area contributed by atoms with Gasteiger partial charge in [-0.05, 0) is 0 Å². The highest BCUT2D eigenvalue weighted by Crippen LogP contribution is 2.26. The third-order valence-electron chi connectivity index (χ3n) is 2.92. The Morgan fingerprint density at radius 3 is 2.65 bits per heavy atom. The molecule has 0 bridgehead atoms. The largest absolute Gasteiger partial charge is 0.325 e. The number of benzene rings is 1. The first-order valence-electron chi connectivity index (χ1n) is 5.72. The number of aromatic nitrogens is 2. The summed E-state index contributed by atoms with van der Waals surface area (Å²) < 4.78 is 27.0. The number of fused-ring (bicyclic) bond motifs is 1. The highest BCUT2D eigenvalue weighted by molar-refractivity contribution is 7.93. The van der Waals surface area contributed by atoms with E-state index in [9.17, 15) is 8.42 Å². The van der Waals surface area contributed by atoms with Crippen LogP contribution in [0.2, 0.25) is 0 Å². The zero-order chi connectivity index (χ0) is 14.3. The van der Waals surface area contributed by atoms with Crippen molar-refractivity contribution in [2.75, 3.05) is 11.4 Å². The van der Waals surface area contributed by atoms with Crippen molar-refractivity contribution >= 4 is 33.2 Å². The molecule has 0 saturated heterocycles. The molecule has 2 heterocycles. The Morgan fingerprint density at radius 2 is 1.95 bits per heavy atom. The minimum Gasteiger partial charge on any atom is -0.254 e. The maximum absolute atomic E-state index is 11.9. The van der Waals surface area contributed by atoms with Crippen LogP contribution in [0.25, 0.3) is 11.3 Å². The van der Waals surface area contributed by atoms with Crippen molar-refractivity contribution in [3.63, 3.8) is 0 Å². The number of nitrogens with zero attached hydrogens (tertiary/aromatic N) is 3. The molecule has 6 nitrogen and oxygen atoms in total. The monoisotopic (exact) mass is 306 g/mol. The van der Waals surface area contributed by atoms with Gasteiger partial charge < -0.3 is 0 Å². The lowest BCUT2D eigenvalue weighted by Crippen LogP contribution is -2.47. The topological polar surface area (TPSA) is 75.2 Å². The second kappa shape index (κ2) is 4.50. The molecule has 0 spiro atoms. The van der Waals surface area contributed by atoms with E-state index < -0.39 is 10.2 Å². The molecular formula is C12H10N4O2S2. The Morgan fingerprint density at radius 1 is 1.25 bits per heavy atom. The van der Waals surface area contributed by atoms with Gasteiger partial charge in [-0.2, -0.15) is 8.42 Å². The Bertz CT molecular complexity index is 790. The van der Waals surface area contributed by atoms with Gasteiger partial charge in [0.2, 0.25) is 0 Å². The van der Waals surface area contributed by atoms with Crippen LogP contribution in [0.5, 0.6) is 0 Å². The van der Waals surface area contributed by atoms with Gasteiger partial charge in [0, 0.05) is 12.6 Å². The fourth-order valence-electron chi connectivity index (χ4n) is 1.85. The van der Waals surface area contributed by atoms with Gasteiger partial charge in [-0.3, -0.25) is 4.72 Å². The SMILES string of the molecule is CN1c2nc(-c3ccccc3)cnc2C(=S)NS1(=O)=O. The van der Waals surface area contributed by atoms with Crippen molar-refractivity contribution in [1.29, 1.82) is 0 Å². The zero-order valence-electron chi connectivity index (χ0n) is 10.4. The first kappa shape index (κ1) is 12.9. The van der Waals surface area contributed by atoms with E-state index in [1.807, 2.05) is 30.3 Å². The Labute approximate surface area is 121 Å². The van der Waals surface area contributed by atoms with Gasteiger partial charge in [0.05, 0.1) is 11.9 Å². The second-order valence-corrected chi connectivity index (χ2v) is 6.31. The van der Waals surface area contributed by atoms with E-state index in [1.54, 1.807) is 6.20 Å². The van der Waals surface area contributed by atoms with Gasteiger partial charge in [0.1, 0.15) is 10.7 Å². The molecule has 1 aromatic carbocycles. The summed E-state index contributed by atoms with van der Waals surface area (Å²) in [5.41, 5.74) is 1.81. The van der Waals surface area contributed by atoms with Crippen LogP contribution in [0.1, 0.15) is 5.69 Å². The Balaban J connectivity index is 2.18. The van der Waals surface area contributed by atoms with Crippen LogP contribution in [0.15, 0.2) is 36.5 Å². The molecule has 0 amide bonds. The van der Waals surface area contributed by atoms with Gasteiger partial charge in [-0.15, -0.1) is 0 Å². The molecule has 1 aliphatic rings. The lowest BCUT2D eigenvalue weighted by Gasteiger charge is -2.26. The lowest BCUT2D eigenvalue weighted by atomic mass is 10.1. The highest BCUT2D eigenvalue weighted by Gasteiger charge is 2.32. The van der Waals surface area contributed by atoms with Crippen LogP contribution in [-0.4, -0.2) is 30.4 Å². The summed E-state index contributed by atoms with van der Waals surface area (Å²) in [4.78, 5) is 8.65.